The maximum Gasteiger partial charge on any atom is 0.130 e. The van der Waals surface area contributed by atoms with E-state index in [1.54, 1.807) is 109 Å². The lowest BCUT2D eigenvalue weighted by atomic mass is 10.0. The zero-order chi connectivity index (χ0) is 90.3. The van der Waals surface area contributed by atoms with E-state index in [2.05, 4.69) is 84.7 Å². The lowest BCUT2D eigenvalue weighted by molar-refractivity contribution is -0.116. The summed E-state index contributed by atoms with van der Waals surface area (Å²) in [5.41, 5.74) is -8.31. The summed E-state index contributed by atoms with van der Waals surface area (Å²) in [5.74, 6) is -0.442. The molecule has 0 rings (SSSR count). The normalized spacial score (nSPS) is 16.4. The second-order valence-corrected chi connectivity index (χ2v) is 25.6. The molecule has 0 aromatic carbocycles. The molecule has 14 heteroatoms. The lowest BCUT2D eigenvalue weighted by Crippen LogP contribution is -2.21. The molecular formula is C75H154I2O12. The number of allylic oxidation sites excluding steroid dienone is 6. The lowest BCUT2D eigenvalue weighted by Gasteiger charge is -2.22. The van der Waals surface area contributed by atoms with Crippen molar-refractivity contribution in [2.45, 2.75) is 336 Å². The van der Waals surface area contributed by atoms with Crippen molar-refractivity contribution in [2.24, 2.45) is 0 Å². The Labute approximate surface area is 610 Å². The fourth-order valence-electron chi connectivity index (χ4n) is 4.10. The van der Waals surface area contributed by atoms with E-state index in [0.29, 0.717) is 51.4 Å². The number of ketones is 1. The Hall–Kier alpha value is -0.870. The number of ether oxygens (including phenoxy) is 6. The van der Waals surface area contributed by atoms with E-state index in [9.17, 15) is 20.1 Å². The summed E-state index contributed by atoms with van der Waals surface area (Å²) in [5, 5.41) is 44.9. The summed E-state index contributed by atoms with van der Waals surface area (Å²) in [6.45, 7) is 51.5. The van der Waals surface area contributed by atoms with E-state index in [-0.39, 0.29) is 38.9 Å². The van der Waals surface area contributed by atoms with Gasteiger partial charge in [-0.1, -0.05) is 81.6 Å². The standard InChI is InChI=1S/2C8H17IO.2C8H18O2.2C8H16O.3C7H14O.C6H10O/c4*1-8(2,10-3)6-4-5-7-9;2*1-5-6-7-8(2,3)9-4;3*1-4-5-6-7(2,3)8;1-3-4-5-6(2)7/h2*4-7H2,1-3H3;2*9H,4-7H2,1-3H3;2*5H,1,6-7H2,2-4H3;3*4,8H,1,5-6H2,2-3H3;3H,1,4-5H2,2H3/i4*6D2;2*7D2;3*6D2;5D2. The molecule has 0 aliphatic rings. The van der Waals surface area contributed by atoms with E-state index in [1.165, 1.54) is 101 Å². The number of rotatable bonds is 40. The first-order valence-corrected chi connectivity index (χ1v) is 33.2. The molecule has 0 spiro atoms. The van der Waals surface area contributed by atoms with Crippen LogP contribution in [0.3, 0.4) is 0 Å². The van der Waals surface area contributed by atoms with Crippen molar-refractivity contribution >= 4 is 51.0 Å². The molecule has 0 radical (unpaired) electrons. The van der Waals surface area contributed by atoms with Crippen LogP contribution >= 0.6 is 45.2 Å². The molecule has 89 heavy (non-hydrogen) atoms. The van der Waals surface area contributed by atoms with E-state index in [0.717, 1.165) is 21.7 Å². The third-order valence-corrected chi connectivity index (χ3v) is 12.0. The molecule has 0 aromatic heterocycles. The number of aliphatic hydroxyl groups excluding tert-OH is 2. The topological polar surface area (TPSA) is 174 Å². The molecule has 5 N–H and O–H groups in total. The summed E-state index contributed by atoms with van der Waals surface area (Å²) in [4.78, 5) is 10.4. The first-order chi connectivity index (χ1) is 48.2. The minimum Gasteiger partial charge on any atom is -0.396 e. The van der Waals surface area contributed by atoms with Gasteiger partial charge in [0.05, 0.1) is 50.4 Å². The van der Waals surface area contributed by atoms with Crippen molar-refractivity contribution in [3.63, 3.8) is 0 Å². The largest absolute Gasteiger partial charge is 0.396 e. The average molecular weight is 1520 g/mol. The molecular weight excluding hydrogens is 1350 g/mol. The number of hydrogen-bond donors (Lipinski definition) is 5. The first kappa shape index (κ1) is 69.5. The van der Waals surface area contributed by atoms with Gasteiger partial charge in [0.15, 0.2) is 0 Å². The summed E-state index contributed by atoms with van der Waals surface area (Å²) in [6, 6.07) is 0. The van der Waals surface area contributed by atoms with Crippen molar-refractivity contribution < 1.29 is 86.2 Å². The van der Waals surface area contributed by atoms with E-state index in [4.69, 9.17) is 66.0 Å². The van der Waals surface area contributed by atoms with Gasteiger partial charge in [0, 0.05) is 89.7 Å². The van der Waals surface area contributed by atoms with Crippen LogP contribution < -0.4 is 0 Å². The van der Waals surface area contributed by atoms with Gasteiger partial charge in [0.25, 0.3) is 0 Å². The summed E-state index contributed by atoms with van der Waals surface area (Å²) < 4.78 is 183. The fourth-order valence-corrected chi connectivity index (χ4v) is 4.86. The second-order valence-electron chi connectivity index (χ2n) is 23.5. The first-order valence-electron chi connectivity index (χ1n) is 40.2. The highest BCUT2D eigenvalue weighted by molar-refractivity contribution is 14.1. The van der Waals surface area contributed by atoms with Gasteiger partial charge in [-0.05, 0) is 288 Å². The van der Waals surface area contributed by atoms with Gasteiger partial charge in [-0.2, -0.15) is 0 Å². The van der Waals surface area contributed by atoms with Gasteiger partial charge in [0.2, 0.25) is 0 Å². The highest BCUT2D eigenvalue weighted by Gasteiger charge is 2.18. The minimum atomic E-state index is -1.71. The number of carbonyl (C=O) groups excluding carboxylic acids is 1. The molecule has 0 saturated carbocycles. The highest BCUT2D eigenvalue weighted by Crippen LogP contribution is 2.20. The Morgan fingerprint density at radius 1 is 0.348 bits per heavy atom. The Kier molecular flexibility index (Phi) is 54.6. The molecule has 0 heterocycles. The SMILES string of the molecule is [2H]C([2H])(CC=C)C(C)(C)O.[2H]C([2H])(CC=C)C(C)(C)O.[2H]C([2H])(CC=C)C(C)(C)O.[2H]C([2H])(CC=C)C(C)(C)OC.[2H]C([2H])(CC=C)C(C)(C)OC.[2H]C([2H])(CC=C)C(C)=O.[2H]C([2H])(CCCI)C(C)(C)OC.[2H]C([2H])(CCCI)C(C)(C)OC.[2H]C([2H])(CCCO)C(C)(C)OC.[2H]C([2H])(CCCO)C(C)(C)OC. The van der Waals surface area contributed by atoms with Crippen LogP contribution in [0, 0.1) is 0 Å². The fraction of sp³-hybridized carbons (Fsp3) is 0.827. The smallest absolute Gasteiger partial charge is 0.130 e. The summed E-state index contributed by atoms with van der Waals surface area (Å²) in [7, 11) is 9.14. The monoisotopic (exact) mass is 1520 g/mol. The van der Waals surface area contributed by atoms with Crippen LogP contribution in [-0.2, 0) is 33.2 Å². The van der Waals surface area contributed by atoms with Crippen molar-refractivity contribution in [3.05, 3.63) is 75.9 Å². The van der Waals surface area contributed by atoms with Crippen LogP contribution in [-0.4, -0.2) is 146 Å². The van der Waals surface area contributed by atoms with Crippen LogP contribution in [0.2, 0.25) is 0 Å². The number of Topliss-reactive ketones (excluding diaryl/α,β-unsaturated/α-hetero) is 1. The maximum absolute atomic E-state index is 10.4. The maximum atomic E-state index is 10.4. The second kappa shape index (κ2) is 69.9. The van der Waals surface area contributed by atoms with Crippen molar-refractivity contribution in [1.29, 1.82) is 0 Å². The molecule has 0 saturated heterocycles. The van der Waals surface area contributed by atoms with Crippen LogP contribution in [0.15, 0.2) is 75.9 Å². The van der Waals surface area contributed by atoms with Crippen molar-refractivity contribution in [3.8, 4) is 0 Å². The van der Waals surface area contributed by atoms with Gasteiger partial charge < -0.3 is 58.7 Å². The Morgan fingerprint density at radius 2 is 0.528 bits per heavy atom. The molecule has 540 valence electrons. The van der Waals surface area contributed by atoms with Crippen molar-refractivity contribution in [1.82, 2.24) is 0 Å². The van der Waals surface area contributed by atoms with Gasteiger partial charge in [-0.3, -0.25) is 0 Å². The Morgan fingerprint density at radius 3 is 0.652 bits per heavy atom. The molecule has 0 aliphatic heterocycles. The molecule has 0 atom stereocenters. The molecule has 0 unspecified atom stereocenters. The minimum absolute atomic E-state index is 0.0271. The van der Waals surface area contributed by atoms with Crippen LogP contribution in [0.1, 0.15) is 313 Å². The van der Waals surface area contributed by atoms with Gasteiger partial charge in [-0.25, -0.2) is 0 Å². The molecule has 0 aromatic rings. The molecule has 0 amide bonds. The van der Waals surface area contributed by atoms with Crippen LogP contribution in [0.25, 0.3) is 0 Å². The zero-order valence-corrected chi connectivity index (χ0v) is 65.6. The van der Waals surface area contributed by atoms with Crippen LogP contribution in [0.5, 0.6) is 0 Å². The van der Waals surface area contributed by atoms with Crippen molar-refractivity contribution in [2.75, 3.05) is 64.7 Å². The number of carbonyl (C=O) groups is 1. The number of halogens is 2. The van der Waals surface area contributed by atoms with E-state index >= 15 is 0 Å². The molecule has 0 fully saturated rings. The van der Waals surface area contributed by atoms with Gasteiger partial charge >= 0.3 is 0 Å². The summed E-state index contributed by atoms with van der Waals surface area (Å²) >= 11 is 4.52. The van der Waals surface area contributed by atoms with Gasteiger partial charge in [0.1, 0.15) is 5.78 Å². The predicted octanol–water partition coefficient (Wildman–Crippen LogP) is 20.6. The quantitative estimate of drug-likeness (QED) is 0.0224. The average Bonchev–Trinajstić information content (AvgIpc) is 0.844. The number of hydrogen-bond acceptors (Lipinski definition) is 12. The highest BCUT2D eigenvalue weighted by atomic mass is 127. The molecule has 12 nitrogen and oxygen atoms in total. The molecule has 0 aliphatic carbocycles. The number of alkyl halides is 2. The van der Waals surface area contributed by atoms with Crippen LogP contribution in [0.4, 0.5) is 0 Å². The van der Waals surface area contributed by atoms with E-state index in [1.807, 2.05) is 0 Å². The Bertz CT molecular complexity index is 2170. The third-order valence-electron chi connectivity index (χ3n) is 10.4. The Balaban J connectivity index is -0.000000125. The molecule has 0 bridgehead atoms. The summed E-state index contributed by atoms with van der Waals surface area (Å²) in [6.07, 6.45) is 0.398. The third kappa shape index (κ3) is 128. The van der Waals surface area contributed by atoms with Gasteiger partial charge in [-0.15, -0.1) is 39.5 Å². The predicted molar refractivity (Wildman–Crippen MR) is 410 cm³/mol. The van der Waals surface area contributed by atoms with E-state index < -0.39 is 120 Å². The number of methoxy groups -OCH3 is 6. The zero-order valence-electron chi connectivity index (χ0n) is 81.3. The number of aliphatic hydroxyl groups is 5.